The van der Waals surface area contributed by atoms with Crippen molar-refractivity contribution in [1.82, 2.24) is 19.8 Å². The molecule has 3 amide bonds. The van der Waals surface area contributed by atoms with Crippen molar-refractivity contribution < 1.29 is 14.0 Å². The molecule has 1 aromatic heterocycles. The molecule has 0 spiro atoms. The van der Waals surface area contributed by atoms with Crippen molar-refractivity contribution in [3.8, 4) is 0 Å². The molecule has 1 unspecified atom stereocenters. The fraction of sp³-hybridized carbons (Fsp3) is 0.259. The summed E-state index contributed by atoms with van der Waals surface area (Å²) < 4.78 is 15.0. The second-order valence-electron chi connectivity index (χ2n) is 9.34. The van der Waals surface area contributed by atoms with Crippen LogP contribution in [0.15, 0.2) is 61.3 Å². The maximum Gasteiger partial charge on any atom is 0.323 e. The predicted molar refractivity (Wildman–Crippen MR) is 145 cm³/mol. The summed E-state index contributed by atoms with van der Waals surface area (Å²) in [5.41, 5.74) is 3.07. The van der Waals surface area contributed by atoms with Gasteiger partial charge in [0.25, 0.3) is 0 Å². The first-order chi connectivity index (χ1) is 18.3. The van der Waals surface area contributed by atoms with Gasteiger partial charge >= 0.3 is 6.03 Å². The highest BCUT2D eigenvalue weighted by Gasteiger charge is 2.33. The van der Waals surface area contributed by atoms with Gasteiger partial charge in [0, 0.05) is 56.4 Å². The van der Waals surface area contributed by atoms with Gasteiger partial charge in [0.1, 0.15) is 11.6 Å². The molecular weight excluding hydrogens is 487 g/mol. The summed E-state index contributed by atoms with van der Waals surface area (Å²) in [5, 5.41) is 8.43. The molecule has 3 N–H and O–H groups in total. The smallest absolute Gasteiger partial charge is 0.323 e. The van der Waals surface area contributed by atoms with E-state index in [1.54, 1.807) is 37.5 Å². The number of benzene rings is 2. The summed E-state index contributed by atoms with van der Waals surface area (Å²) in [4.78, 5) is 39.3. The van der Waals surface area contributed by atoms with Crippen molar-refractivity contribution in [3.63, 3.8) is 0 Å². The molecule has 1 atom stereocenters. The third kappa shape index (κ3) is 5.14. The van der Waals surface area contributed by atoms with Crippen molar-refractivity contribution in [2.75, 3.05) is 61.1 Å². The monoisotopic (exact) mass is 516 g/mol. The molecule has 5 rings (SSSR count). The zero-order valence-corrected chi connectivity index (χ0v) is 21.2. The highest BCUT2D eigenvalue weighted by Crippen LogP contribution is 2.37. The Labute approximate surface area is 220 Å². The number of rotatable bonds is 6. The van der Waals surface area contributed by atoms with Crippen LogP contribution in [0.1, 0.15) is 17.2 Å². The summed E-state index contributed by atoms with van der Waals surface area (Å²) in [5.74, 6) is -0.265. The second kappa shape index (κ2) is 10.5. The average molecular weight is 517 g/mol. The number of aromatic nitrogens is 2. The molecule has 11 heteroatoms. The van der Waals surface area contributed by atoms with Gasteiger partial charge in [-0.3, -0.25) is 10.1 Å². The standard InChI is InChI=1S/C27H29FN8O2/c1-4-23(37)30-18-7-5-6-17(14-18)24-20-16-29-26(32-25(20)33-27(38)35(24)3)31-22-9-8-19(15-21(22)28)36-12-10-34(2)11-13-36/h4-9,14-16,24H,1,10-13H2,2-3H3,(H,30,37)(H2,29,31,32,33,38). The van der Waals surface area contributed by atoms with Crippen LogP contribution in [0, 0.1) is 5.82 Å². The maximum atomic E-state index is 15.0. The molecule has 0 aliphatic carbocycles. The number of hydrogen-bond acceptors (Lipinski definition) is 7. The van der Waals surface area contributed by atoms with Crippen LogP contribution in [0.25, 0.3) is 0 Å². The van der Waals surface area contributed by atoms with Gasteiger partial charge in [0.05, 0.1) is 11.7 Å². The molecule has 2 aliphatic heterocycles. The maximum absolute atomic E-state index is 15.0. The minimum absolute atomic E-state index is 0.158. The summed E-state index contributed by atoms with van der Waals surface area (Å²) in [7, 11) is 3.74. The van der Waals surface area contributed by atoms with Crippen molar-refractivity contribution in [3.05, 3.63) is 78.3 Å². The van der Waals surface area contributed by atoms with Crippen LogP contribution >= 0.6 is 0 Å². The van der Waals surface area contributed by atoms with Crippen LogP contribution in [0.5, 0.6) is 0 Å². The molecule has 10 nitrogen and oxygen atoms in total. The number of carbonyl (C=O) groups is 2. The first-order valence-electron chi connectivity index (χ1n) is 12.3. The number of carbonyl (C=O) groups excluding carboxylic acids is 2. The lowest BCUT2D eigenvalue weighted by atomic mass is 9.97. The Bertz CT molecular complexity index is 1390. The molecular formula is C27H29FN8O2. The number of fused-ring (bicyclic) bond motifs is 1. The SMILES string of the molecule is C=CC(=O)Nc1cccc(C2c3cnc(Nc4ccc(N5CCN(C)CC5)cc4F)nc3NC(=O)N2C)c1. The summed E-state index contributed by atoms with van der Waals surface area (Å²) in [6.07, 6.45) is 2.80. The second-order valence-corrected chi connectivity index (χ2v) is 9.34. The van der Waals surface area contributed by atoms with Crippen molar-refractivity contribution >= 4 is 40.8 Å². The molecule has 1 fully saturated rings. The van der Waals surface area contributed by atoms with Crippen LogP contribution in [0.2, 0.25) is 0 Å². The van der Waals surface area contributed by atoms with Crippen molar-refractivity contribution in [2.24, 2.45) is 0 Å². The van der Waals surface area contributed by atoms with Gasteiger partial charge < -0.3 is 25.3 Å². The number of piperazine rings is 1. The molecule has 3 aromatic rings. The minimum atomic E-state index is -0.493. The van der Waals surface area contributed by atoms with E-state index in [-0.39, 0.29) is 23.6 Å². The molecule has 3 heterocycles. The van der Waals surface area contributed by atoms with E-state index in [4.69, 9.17) is 0 Å². The number of nitrogens with one attached hydrogen (secondary N) is 3. The lowest BCUT2D eigenvalue weighted by Gasteiger charge is -2.34. The zero-order chi connectivity index (χ0) is 26.8. The van der Waals surface area contributed by atoms with Gasteiger partial charge in [-0.05, 0) is 49.0 Å². The quantitative estimate of drug-likeness (QED) is 0.428. The Morgan fingerprint density at radius 3 is 2.68 bits per heavy atom. The molecule has 2 aromatic carbocycles. The van der Waals surface area contributed by atoms with Crippen LogP contribution in [0.3, 0.4) is 0 Å². The van der Waals surface area contributed by atoms with Gasteiger partial charge in [-0.15, -0.1) is 0 Å². The summed E-state index contributed by atoms with van der Waals surface area (Å²) in [6.45, 7) is 7.02. The minimum Gasteiger partial charge on any atom is -0.369 e. The lowest BCUT2D eigenvalue weighted by molar-refractivity contribution is -0.111. The molecule has 1 saturated heterocycles. The van der Waals surface area contributed by atoms with Crippen molar-refractivity contribution in [2.45, 2.75) is 6.04 Å². The van der Waals surface area contributed by atoms with E-state index in [1.165, 1.54) is 17.0 Å². The van der Waals surface area contributed by atoms with E-state index in [9.17, 15) is 14.0 Å². The van der Waals surface area contributed by atoms with Crippen molar-refractivity contribution in [1.29, 1.82) is 0 Å². The van der Waals surface area contributed by atoms with Gasteiger partial charge in [0.2, 0.25) is 11.9 Å². The van der Waals surface area contributed by atoms with E-state index in [0.717, 1.165) is 37.4 Å². The van der Waals surface area contributed by atoms with Crippen LogP contribution in [-0.4, -0.2) is 72.0 Å². The number of nitrogens with zero attached hydrogens (tertiary/aromatic N) is 5. The van der Waals surface area contributed by atoms with E-state index in [2.05, 4.69) is 49.3 Å². The van der Waals surface area contributed by atoms with E-state index < -0.39 is 11.9 Å². The summed E-state index contributed by atoms with van der Waals surface area (Å²) in [6, 6.07) is 11.4. The molecule has 0 radical (unpaired) electrons. The first kappa shape index (κ1) is 25.2. The predicted octanol–water partition coefficient (Wildman–Crippen LogP) is 3.80. The highest BCUT2D eigenvalue weighted by atomic mass is 19.1. The van der Waals surface area contributed by atoms with Crippen LogP contribution < -0.4 is 20.9 Å². The van der Waals surface area contributed by atoms with E-state index >= 15 is 0 Å². The fourth-order valence-corrected chi connectivity index (χ4v) is 4.64. The summed E-state index contributed by atoms with van der Waals surface area (Å²) >= 11 is 0. The topological polar surface area (TPSA) is 106 Å². The normalized spacial score (nSPS) is 17.4. The van der Waals surface area contributed by atoms with Crippen LogP contribution in [0.4, 0.5) is 38.0 Å². The number of anilines is 5. The average Bonchev–Trinajstić information content (AvgIpc) is 2.91. The van der Waals surface area contributed by atoms with Gasteiger partial charge in [-0.1, -0.05) is 18.7 Å². The Kier molecular flexibility index (Phi) is 6.93. The number of hydrogen-bond donors (Lipinski definition) is 3. The van der Waals surface area contributed by atoms with Gasteiger partial charge in [-0.2, -0.15) is 4.98 Å². The third-order valence-corrected chi connectivity index (χ3v) is 6.77. The van der Waals surface area contributed by atoms with E-state index in [1.807, 2.05) is 12.1 Å². The molecule has 0 saturated carbocycles. The van der Waals surface area contributed by atoms with Gasteiger partial charge in [-0.25, -0.2) is 14.2 Å². The number of halogens is 1. The molecule has 196 valence electrons. The Morgan fingerprint density at radius 2 is 1.95 bits per heavy atom. The Morgan fingerprint density at radius 1 is 1.16 bits per heavy atom. The Hall–Kier alpha value is -4.51. The number of urea groups is 1. The third-order valence-electron chi connectivity index (χ3n) is 6.77. The fourth-order valence-electron chi connectivity index (χ4n) is 4.64. The number of amides is 3. The Balaban J connectivity index is 1.39. The molecule has 0 bridgehead atoms. The first-order valence-corrected chi connectivity index (χ1v) is 12.3. The van der Waals surface area contributed by atoms with Crippen LogP contribution in [-0.2, 0) is 4.79 Å². The largest absolute Gasteiger partial charge is 0.369 e. The lowest BCUT2D eigenvalue weighted by Crippen LogP contribution is -2.44. The molecule has 2 aliphatic rings. The highest BCUT2D eigenvalue weighted by molar-refractivity contribution is 5.99. The number of likely N-dealkylation sites (N-methyl/N-ethyl adjacent to an activating group) is 1. The zero-order valence-electron chi connectivity index (χ0n) is 21.2. The van der Waals surface area contributed by atoms with E-state index in [0.29, 0.717) is 17.1 Å². The van der Waals surface area contributed by atoms with Gasteiger partial charge in [0.15, 0.2) is 0 Å². The molecule has 38 heavy (non-hydrogen) atoms.